The zero-order valence-corrected chi connectivity index (χ0v) is 17.6. The number of aryl methyl sites for hydroxylation is 1. The highest BCUT2D eigenvalue weighted by Gasteiger charge is 2.41. The third-order valence-electron chi connectivity index (χ3n) is 5.84. The molecule has 3 rings (SSSR count). The van der Waals surface area contributed by atoms with Crippen molar-refractivity contribution >= 4 is 5.91 Å². The number of rotatable bonds is 7. The summed E-state index contributed by atoms with van der Waals surface area (Å²) < 4.78 is 17.8. The van der Waals surface area contributed by atoms with Gasteiger partial charge in [-0.15, -0.1) is 0 Å². The number of hydrogen-bond acceptors (Lipinski definition) is 4. The predicted octanol–water partition coefficient (Wildman–Crippen LogP) is 3.52. The number of nitrogens with zero attached hydrogens (tertiary/aromatic N) is 1. The molecule has 5 nitrogen and oxygen atoms in total. The number of piperidine rings is 1. The second kappa shape index (κ2) is 9.86. The average Bonchev–Trinajstić information content (AvgIpc) is 2.68. The van der Waals surface area contributed by atoms with Gasteiger partial charge in [0.05, 0.1) is 37.4 Å². The van der Waals surface area contributed by atoms with Gasteiger partial charge in [0.2, 0.25) is 5.91 Å². The van der Waals surface area contributed by atoms with Gasteiger partial charge in [-0.1, -0.05) is 29.8 Å². The molecule has 28 heavy (non-hydrogen) atoms. The third kappa shape index (κ3) is 6.03. The maximum absolute atomic E-state index is 12.7. The lowest BCUT2D eigenvalue weighted by molar-refractivity contribution is -0.163. The Kier molecular flexibility index (Phi) is 7.49. The van der Waals surface area contributed by atoms with Crippen LogP contribution in [0.3, 0.4) is 0 Å². The fourth-order valence-corrected chi connectivity index (χ4v) is 4.13. The highest BCUT2D eigenvalue weighted by molar-refractivity contribution is 5.78. The molecule has 2 aliphatic rings. The number of likely N-dealkylation sites (tertiary alicyclic amines) is 1. The molecule has 0 aromatic heterocycles. The predicted molar refractivity (Wildman–Crippen MR) is 109 cm³/mol. The summed E-state index contributed by atoms with van der Waals surface area (Å²) >= 11 is 0. The van der Waals surface area contributed by atoms with E-state index in [9.17, 15) is 4.79 Å². The van der Waals surface area contributed by atoms with Crippen molar-refractivity contribution in [3.8, 4) is 0 Å². The molecule has 0 N–H and O–H groups in total. The Morgan fingerprint density at radius 3 is 2.61 bits per heavy atom. The first-order valence-electron chi connectivity index (χ1n) is 10.7. The second-order valence-corrected chi connectivity index (χ2v) is 8.48. The maximum atomic E-state index is 12.7. The molecule has 0 radical (unpaired) electrons. The maximum Gasteiger partial charge on any atom is 0.226 e. The Morgan fingerprint density at radius 2 is 1.93 bits per heavy atom. The molecular weight excluding hydrogens is 354 g/mol. The molecule has 1 amide bonds. The van der Waals surface area contributed by atoms with E-state index in [2.05, 4.69) is 19.1 Å². The first kappa shape index (κ1) is 21.3. The lowest BCUT2D eigenvalue weighted by atomic mass is 9.83. The number of amides is 1. The van der Waals surface area contributed by atoms with Crippen molar-refractivity contribution in [2.45, 2.75) is 70.7 Å². The van der Waals surface area contributed by atoms with Crippen molar-refractivity contribution in [2.24, 2.45) is 0 Å². The second-order valence-electron chi connectivity index (χ2n) is 8.48. The van der Waals surface area contributed by atoms with E-state index in [4.69, 9.17) is 14.2 Å². The molecule has 2 heterocycles. The fraction of sp³-hybridized carbons (Fsp3) is 0.696. The topological polar surface area (TPSA) is 48.0 Å². The van der Waals surface area contributed by atoms with Gasteiger partial charge in [0, 0.05) is 26.1 Å². The van der Waals surface area contributed by atoms with E-state index in [-0.39, 0.29) is 23.7 Å². The van der Waals surface area contributed by atoms with Crippen molar-refractivity contribution in [1.29, 1.82) is 0 Å². The van der Waals surface area contributed by atoms with Gasteiger partial charge in [-0.25, -0.2) is 0 Å². The van der Waals surface area contributed by atoms with Gasteiger partial charge in [-0.3, -0.25) is 4.79 Å². The summed E-state index contributed by atoms with van der Waals surface area (Å²) in [6.07, 6.45) is 4.62. The Morgan fingerprint density at radius 1 is 1.21 bits per heavy atom. The van der Waals surface area contributed by atoms with E-state index in [1.807, 2.05) is 30.9 Å². The summed E-state index contributed by atoms with van der Waals surface area (Å²) in [4.78, 5) is 14.7. The van der Waals surface area contributed by atoms with E-state index >= 15 is 0 Å². The molecule has 2 saturated heterocycles. The van der Waals surface area contributed by atoms with E-state index < -0.39 is 0 Å². The molecule has 1 spiro atoms. The van der Waals surface area contributed by atoms with Crippen molar-refractivity contribution in [2.75, 3.05) is 32.9 Å². The van der Waals surface area contributed by atoms with E-state index in [1.54, 1.807) is 0 Å². The first-order chi connectivity index (χ1) is 13.5. The van der Waals surface area contributed by atoms with Crippen molar-refractivity contribution in [1.82, 2.24) is 4.90 Å². The summed E-state index contributed by atoms with van der Waals surface area (Å²) in [6.45, 7) is 9.71. The number of carbonyl (C=O) groups excluding carboxylic acids is 1. The van der Waals surface area contributed by atoms with Crippen LogP contribution in [0.5, 0.6) is 0 Å². The molecule has 156 valence electrons. The lowest BCUT2D eigenvalue weighted by Crippen LogP contribution is -2.52. The van der Waals surface area contributed by atoms with E-state index in [0.717, 1.165) is 50.9 Å². The van der Waals surface area contributed by atoms with Gasteiger partial charge in [-0.2, -0.15) is 0 Å². The van der Waals surface area contributed by atoms with Crippen LogP contribution in [0, 0.1) is 6.92 Å². The minimum Gasteiger partial charge on any atom is -0.376 e. The van der Waals surface area contributed by atoms with Gasteiger partial charge < -0.3 is 19.1 Å². The van der Waals surface area contributed by atoms with Crippen molar-refractivity contribution in [3.63, 3.8) is 0 Å². The number of benzene rings is 1. The Hall–Kier alpha value is -1.43. The largest absolute Gasteiger partial charge is 0.376 e. The van der Waals surface area contributed by atoms with Gasteiger partial charge in [0.25, 0.3) is 0 Å². The minimum absolute atomic E-state index is 0.123. The van der Waals surface area contributed by atoms with Crippen LogP contribution in [-0.2, 0) is 25.4 Å². The molecule has 2 fully saturated rings. The zero-order chi connectivity index (χ0) is 20.0. The quantitative estimate of drug-likeness (QED) is 0.670. The van der Waals surface area contributed by atoms with Crippen LogP contribution in [0.2, 0.25) is 0 Å². The Balaban J connectivity index is 1.44. The summed E-state index contributed by atoms with van der Waals surface area (Å²) in [7, 11) is 0. The van der Waals surface area contributed by atoms with Crippen LogP contribution in [0.25, 0.3) is 0 Å². The molecule has 0 bridgehead atoms. The van der Waals surface area contributed by atoms with Crippen LogP contribution >= 0.6 is 0 Å². The molecule has 1 aromatic carbocycles. The average molecular weight is 390 g/mol. The molecule has 2 aliphatic heterocycles. The highest BCUT2D eigenvalue weighted by Crippen LogP contribution is 2.36. The smallest absolute Gasteiger partial charge is 0.226 e. The summed E-state index contributed by atoms with van der Waals surface area (Å²) in [5.41, 5.74) is 2.18. The molecule has 0 aliphatic carbocycles. The monoisotopic (exact) mass is 389 g/mol. The summed E-state index contributed by atoms with van der Waals surface area (Å²) in [5.74, 6) is 0.216. The van der Waals surface area contributed by atoms with Gasteiger partial charge in [0.1, 0.15) is 0 Å². The zero-order valence-electron chi connectivity index (χ0n) is 17.6. The standard InChI is InChI=1S/C23H35NO4/c1-18(2)26-14-15-27-21-8-13-28-23(17-21)9-11-24(12-10-23)22(25)16-20-6-4-19(3)5-7-20/h4-7,18,21H,8-17H2,1-3H3. The summed E-state index contributed by atoms with van der Waals surface area (Å²) in [6, 6.07) is 8.23. The van der Waals surface area contributed by atoms with Crippen LogP contribution in [0.15, 0.2) is 24.3 Å². The Bertz CT molecular complexity index is 620. The third-order valence-corrected chi connectivity index (χ3v) is 5.84. The van der Waals surface area contributed by atoms with Crippen LogP contribution in [0.1, 0.15) is 50.7 Å². The minimum atomic E-state index is -0.123. The van der Waals surface area contributed by atoms with Crippen LogP contribution in [0.4, 0.5) is 0 Å². The van der Waals surface area contributed by atoms with Crippen LogP contribution in [-0.4, -0.2) is 61.5 Å². The molecule has 0 saturated carbocycles. The van der Waals surface area contributed by atoms with Crippen molar-refractivity contribution in [3.05, 3.63) is 35.4 Å². The number of carbonyl (C=O) groups is 1. The van der Waals surface area contributed by atoms with Crippen molar-refractivity contribution < 1.29 is 19.0 Å². The summed E-state index contributed by atoms with van der Waals surface area (Å²) in [5, 5.41) is 0. The number of ether oxygens (including phenoxy) is 3. The number of hydrogen-bond donors (Lipinski definition) is 0. The molecule has 5 heteroatoms. The molecule has 1 atom stereocenters. The van der Waals surface area contributed by atoms with Gasteiger partial charge >= 0.3 is 0 Å². The molecular formula is C23H35NO4. The highest BCUT2D eigenvalue weighted by atomic mass is 16.5. The van der Waals surface area contributed by atoms with Gasteiger partial charge in [-0.05, 0) is 45.6 Å². The Labute approximate surface area is 169 Å². The fourth-order valence-electron chi connectivity index (χ4n) is 4.13. The van der Waals surface area contributed by atoms with Crippen LogP contribution < -0.4 is 0 Å². The first-order valence-corrected chi connectivity index (χ1v) is 10.7. The van der Waals surface area contributed by atoms with E-state index in [1.165, 1.54) is 5.56 Å². The van der Waals surface area contributed by atoms with Gasteiger partial charge in [0.15, 0.2) is 0 Å². The molecule has 1 unspecified atom stereocenters. The lowest BCUT2D eigenvalue weighted by Gasteiger charge is -2.46. The molecule has 1 aromatic rings. The van der Waals surface area contributed by atoms with E-state index in [0.29, 0.717) is 19.6 Å². The SMILES string of the molecule is Cc1ccc(CC(=O)N2CCC3(CC2)CC(OCCOC(C)C)CCO3)cc1. The normalized spacial score (nSPS) is 22.0.